The Balaban J connectivity index is 2.84. The van der Waals surface area contributed by atoms with Crippen LogP contribution in [-0.4, -0.2) is 22.6 Å². The van der Waals surface area contributed by atoms with E-state index >= 15 is 0 Å². The Kier molecular flexibility index (Phi) is 2.07. The number of hydrogen-bond donors (Lipinski definition) is 1. The van der Waals surface area contributed by atoms with Gasteiger partial charge in [-0.15, -0.1) is 0 Å². The number of rotatable bonds is 1. The zero-order chi connectivity index (χ0) is 11.0. The van der Waals surface area contributed by atoms with E-state index in [9.17, 15) is 9.59 Å². The van der Waals surface area contributed by atoms with Crippen LogP contribution < -0.4 is 5.56 Å². The predicted molar refractivity (Wildman–Crippen MR) is 54.9 cm³/mol. The van der Waals surface area contributed by atoms with Crippen molar-refractivity contribution in [2.75, 3.05) is 7.11 Å². The molecule has 2 heterocycles. The number of methoxy groups -OCH3 is 1. The van der Waals surface area contributed by atoms with Gasteiger partial charge in [0.2, 0.25) is 0 Å². The summed E-state index contributed by atoms with van der Waals surface area (Å²) in [5.41, 5.74) is 0.621. The normalized spacial score (nSPS) is 10.5. The second-order valence-corrected chi connectivity index (χ2v) is 3.21. The summed E-state index contributed by atoms with van der Waals surface area (Å²) >= 11 is 0. The first-order chi connectivity index (χ1) is 7.15. The van der Waals surface area contributed by atoms with Gasteiger partial charge in [0.05, 0.1) is 12.7 Å². The Bertz CT molecular complexity index is 580. The van der Waals surface area contributed by atoms with Gasteiger partial charge in [0, 0.05) is 24.8 Å². The molecule has 0 aliphatic heterocycles. The number of aromatic nitrogens is 2. The number of hydrogen-bond acceptors (Lipinski definition) is 3. The minimum Gasteiger partial charge on any atom is -0.465 e. The fraction of sp³-hybridized carbons (Fsp3) is 0.200. The molecule has 2 rings (SSSR count). The molecular weight excluding hydrogens is 196 g/mol. The molecule has 0 saturated carbocycles. The average molecular weight is 206 g/mol. The first-order valence-electron chi connectivity index (χ1n) is 4.40. The summed E-state index contributed by atoms with van der Waals surface area (Å²) in [6.07, 6.45) is 3.10. The molecule has 1 N–H and O–H groups in total. The topological polar surface area (TPSA) is 64.1 Å². The van der Waals surface area contributed by atoms with Gasteiger partial charge in [-0.1, -0.05) is 0 Å². The van der Waals surface area contributed by atoms with Crippen LogP contribution in [-0.2, 0) is 11.8 Å². The SMILES string of the molecule is COC(=O)c1c[nH]c(=O)c2c1ccn2C. The van der Waals surface area contributed by atoms with Crippen LogP contribution in [0, 0.1) is 0 Å². The molecule has 0 atom stereocenters. The van der Waals surface area contributed by atoms with E-state index in [-0.39, 0.29) is 5.56 Å². The highest BCUT2D eigenvalue weighted by Crippen LogP contribution is 2.15. The van der Waals surface area contributed by atoms with Gasteiger partial charge in [-0.25, -0.2) is 4.79 Å². The molecule has 2 aromatic heterocycles. The Morgan fingerprint density at radius 1 is 1.53 bits per heavy atom. The third-order valence-corrected chi connectivity index (χ3v) is 2.33. The maximum atomic E-state index is 11.5. The number of aryl methyl sites for hydroxylation is 1. The molecule has 0 aromatic carbocycles. The molecule has 0 amide bonds. The van der Waals surface area contributed by atoms with Crippen LogP contribution >= 0.6 is 0 Å². The maximum absolute atomic E-state index is 11.5. The number of aromatic amines is 1. The molecule has 78 valence electrons. The van der Waals surface area contributed by atoms with Gasteiger partial charge in [-0.3, -0.25) is 4.79 Å². The van der Waals surface area contributed by atoms with Crippen molar-refractivity contribution in [2.24, 2.45) is 7.05 Å². The van der Waals surface area contributed by atoms with Crippen LogP contribution in [0.25, 0.3) is 10.9 Å². The molecule has 0 bridgehead atoms. The number of nitrogens with one attached hydrogen (secondary N) is 1. The molecule has 0 radical (unpaired) electrons. The molecule has 2 aromatic rings. The second-order valence-electron chi connectivity index (χ2n) is 3.21. The summed E-state index contributed by atoms with van der Waals surface area (Å²) in [7, 11) is 3.06. The van der Waals surface area contributed by atoms with Gasteiger partial charge in [0.1, 0.15) is 5.52 Å². The Morgan fingerprint density at radius 3 is 2.93 bits per heavy atom. The van der Waals surface area contributed by atoms with E-state index < -0.39 is 5.97 Å². The van der Waals surface area contributed by atoms with Crippen molar-refractivity contribution in [3.05, 3.63) is 34.4 Å². The summed E-state index contributed by atoms with van der Waals surface area (Å²) in [4.78, 5) is 25.4. The van der Waals surface area contributed by atoms with Gasteiger partial charge in [-0.05, 0) is 6.07 Å². The number of fused-ring (bicyclic) bond motifs is 1. The Morgan fingerprint density at radius 2 is 2.27 bits per heavy atom. The molecule has 5 heteroatoms. The highest BCUT2D eigenvalue weighted by molar-refractivity contribution is 6.03. The minimum absolute atomic E-state index is 0.217. The van der Waals surface area contributed by atoms with Crippen LogP contribution in [0.3, 0.4) is 0 Å². The van der Waals surface area contributed by atoms with Crippen molar-refractivity contribution in [2.45, 2.75) is 0 Å². The lowest BCUT2D eigenvalue weighted by atomic mass is 10.2. The van der Waals surface area contributed by atoms with Crippen molar-refractivity contribution < 1.29 is 9.53 Å². The standard InChI is InChI=1S/C10H10N2O3/c1-12-4-3-6-7(10(14)15-2)5-11-9(13)8(6)12/h3-5H,1-2H3,(H,11,13). The van der Waals surface area contributed by atoms with Crippen molar-refractivity contribution >= 4 is 16.9 Å². The summed E-state index contributed by atoms with van der Waals surface area (Å²) in [6.45, 7) is 0. The maximum Gasteiger partial charge on any atom is 0.340 e. The van der Waals surface area contributed by atoms with Crippen molar-refractivity contribution in [3.8, 4) is 0 Å². The Labute approximate surface area is 85.3 Å². The molecule has 0 aliphatic carbocycles. The minimum atomic E-state index is -0.456. The van der Waals surface area contributed by atoms with Gasteiger partial charge in [0.25, 0.3) is 5.56 Å². The molecule has 0 fully saturated rings. The summed E-state index contributed by atoms with van der Waals surface area (Å²) in [6, 6.07) is 1.72. The van der Waals surface area contributed by atoms with E-state index in [2.05, 4.69) is 9.72 Å². The number of pyridine rings is 1. The average Bonchev–Trinajstić information content (AvgIpc) is 2.61. The third kappa shape index (κ3) is 1.32. The van der Waals surface area contributed by atoms with Crippen LogP contribution in [0.1, 0.15) is 10.4 Å². The van der Waals surface area contributed by atoms with Crippen LogP contribution in [0.2, 0.25) is 0 Å². The quantitative estimate of drug-likeness (QED) is 0.697. The molecular formula is C10H10N2O3. The first-order valence-corrected chi connectivity index (χ1v) is 4.40. The van der Waals surface area contributed by atoms with Gasteiger partial charge in [0.15, 0.2) is 0 Å². The van der Waals surface area contributed by atoms with E-state index in [0.717, 1.165) is 0 Å². The molecule has 0 spiro atoms. The van der Waals surface area contributed by atoms with E-state index in [1.54, 1.807) is 23.9 Å². The summed E-state index contributed by atoms with van der Waals surface area (Å²) in [5.74, 6) is -0.456. The van der Waals surface area contributed by atoms with E-state index in [1.807, 2.05) is 0 Å². The van der Waals surface area contributed by atoms with Crippen LogP contribution in [0.5, 0.6) is 0 Å². The third-order valence-electron chi connectivity index (χ3n) is 2.33. The number of ether oxygens (including phenoxy) is 1. The van der Waals surface area contributed by atoms with Crippen LogP contribution in [0.4, 0.5) is 0 Å². The van der Waals surface area contributed by atoms with Crippen molar-refractivity contribution in [1.29, 1.82) is 0 Å². The number of H-pyrrole nitrogens is 1. The number of nitrogens with zero attached hydrogens (tertiary/aromatic N) is 1. The molecule has 0 saturated heterocycles. The largest absolute Gasteiger partial charge is 0.465 e. The molecule has 5 nitrogen and oxygen atoms in total. The van der Waals surface area contributed by atoms with Gasteiger partial charge >= 0.3 is 5.97 Å². The number of carbonyl (C=O) groups is 1. The highest BCUT2D eigenvalue weighted by Gasteiger charge is 2.13. The lowest BCUT2D eigenvalue weighted by molar-refractivity contribution is 0.0602. The lowest BCUT2D eigenvalue weighted by Crippen LogP contribution is -2.12. The highest BCUT2D eigenvalue weighted by atomic mass is 16.5. The summed E-state index contributed by atoms with van der Waals surface area (Å²) in [5, 5.41) is 0.605. The van der Waals surface area contributed by atoms with Crippen molar-refractivity contribution in [1.82, 2.24) is 9.55 Å². The Hall–Kier alpha value is -2.04. The number of carbonyl (C=O) groups excluding carboxylic acids is 1. The van der Waals surface area contributed by atoms with E-state index in [1.165, 1.54) is 13.3 Å². The molecule has 0 aliphatic rings. The van der Waals surface area contributed by atoms with Gasteiger partial charge < -0.3 is 14.3 Å². The zero-order valence-corrected chi connectivity index (χ0v) is 8.40. The zero-order valence-electron chi connectivity index (χ0n) is 8.40. The van der Waals surface area contributed by atoms with Crippen LogP contribution in [0.15, 0.2) is 23.3 Å². The first kappa shape index (κ1) is 9.51. The smallest absolute Gasteiger partial charge is 0.340 e. The number of esters is 1. The lowest BCUT2D eigenvalue weighted by Gasteiger charge is -2.01. The summed E-state index contributed by atoms with van der Waals surface area (Å²) < 4.78 is 6.29. The van der Waals surface area contributed by atoms with E-state index in [4.69, 9.17) is 0 Å². The van der Waals surface area contributed by atoms with Gasteiger partial charge in [-0.2, -0.15) is 0 Å². The van der Waals surface area contributed by atoms with E-state index in [0.29, 0.717) is 16.5 Å². The predicted octanol–water partition coefficient (Wildman–Crippen LogP) is 0.653. The van der Waals surface area contributed by atoms with Crippen molar-refractivity contribution in [3.63, 3.8) is 0 Å². The second kappa shape index (κ2) is 3.27. The molecule has 15 heavy (non-hydrogen) atoms. The monoisotopic (exact) mass is 206 g/mol. The fourth-order valence-corrected chi connectivity index (χ4v) is 1.59. The molecule has 0 unspecified atom stereocenters. The fourth-order valence-electron chi connectivity index (χ4n) is 1.59.